The van der Waals surface area contributed by atoms with Crippen LogP contribution in [0.4, 0.5) is 5.82 Å². The fourth-order valence-corrected chi connectivity index (χ4v) is 2.06. The second-order valence-corrected chi connectivity index (χ2v) is 4.81. The number of aryl methyl sites for hydroxylation is 2. The van der Waals surface area contributed by atoms with E-state index in [9.17, 15) is 0 Å². The highest BCUT2D eigenvalue weighted by Gasteiger charge is 1.98. The van der Waals surface area contributed by atoms with E-state index in [0.29, 0.717) is 5.82 Å². The van der Waals surface area contributed by atoms with Crippen LogP contribution in [0.25, 0.3) is 0 Å². The molecule has 0 saturated carbocycles. The van der Waals surface area contributed by atoms with Gasteiger partial charge in [0, 0.05) is 30.9 Å². The van der Waals surface area contributed by atoms with E-state index in [1.54, 1.807) is 17.8 Å². The first-order valence-corrected chi connectivity index (χ1v) is 6.43. The fraction of sp³-hybridized carbons (Fsp3) is 0.364. The van der Waals surface area contributed by atoms with Crippen molar-refractivity contribution < 1.29 is 0 Å². The molecule has 0 aromatic carbocycles. The van der Waals surface area contributed by atoms with Gasteiger partial charge in [0.25, 0.3) is 0 Å². The number of nitrogens with two attached hydrogens (primary N) is 1. The number of hydrogen-bond donors (Lipinski definition) is 1. The summed E-state index contributed by atoms with van der Waals surface area (Å²) in [6, 6.07) is 1.80. The standard InChI is InChI=1S/C11H15N5S/c1-9-7-13-11(14-8-9)17-6-2-4-16-5-3-10(12)15-16/h3,5,7-8H,2,4,6H2,1H3,(H2,12,15). The highest BCUT2D eigenvalue weighted by molar-refractivity contribution is 7.99. The van der Waals surface area contributed by atoms with Crippen LogP contribution in [0.2, 0.25) is 0 Å². The normalized spacial score (nSPS) is 10.6. The molecule has 17 heavy (non-hydrogen) atoms. The van der Waals surface area contributed by atoms with Crippen molar-refractivity contribution in [1.29, 1.82) is 0 Å². The summed E-state index contributed by atoms with van der Waals surface area (Å²) < 4.78 is 1.85. The van der Waals surface area contributed by atoms with E-state index in [1.165, 1.54) is 0 Å². The Morgan fingerprint density at radius 3 is 2.76 bits per heavy atom. The first-order valence-electron chi connectivity index (χ1n) is 5.44. The van der Waals surface area contributed by atoms with Gasteiger partial charge in [0.15, 0.2) is 5.16 Å². The number of rotatable bonds is 5. The molecule has 2 N–H and O–H groups in total. The summed E-state index contributed by atoms with van der Waals surface area (Å²) in [4.78, 5) is 8.47. The van der Waals surface area contributed by atoms with Crippen LogP contribution in [0.3, 0.4) is 0 Å². The molecule has 0 saturated heterocycles. The molecule has 0 amide bonds. The fourth-order valence-electron chi connectivity index (χ4n) is 1.35. The van der Waals surface area contributed by atoms with E-state index >= 15 is 0 Å². The lowest BCUT2D eigenvalue weighted by atomic mass is 10.4. The van der Waals surface area contributed by atoms with E-state index in [0.717, 1.165) is 29.4 Å². The van der Waals surface area contributed by atoms with Crippen molar-refractivity contribution in [2.24, 2.45) is 0 Å². The first-order chi connectivity index (χ1) is 8.24. The highest BCUT2D eigenvalue weighted by Crippen LogP contribution is 2.13. The molecule has 0 spiro atoms. The third kappa shape index (κ3) is 3.74. The minimum Gasteiger partial charge on any atom is -0.382 e. The molecule has 2 aromatic heterocycles. The first kappa shape index (κ1) is 11.9. The van der Waals surface area contributed by atoms with E-state index in [-0.39, 0.29) is 0 Å². The van der Waals surface area contributed by atoms with Gasteiger partial charge in [-0.25, -0.2) is 9.97 Å². The zero-order chi connectivity index (χ0) is 12.1. The Morgan fingerprint density at radius 2 is 2.12 bits per heavy atom. The van der Waals surface area contributed by atoms with Crippen molar-refractivity contribution in [3.05, 3.63) is 30.2 Å². The summed E-state index contributed by atoms with van der Waals surface area (Å²) in [5.74, 6) is 1.54. The lowest BCUT2D eigenvalue weighted by molar-refractivity contribution is 0.608. The third-order valence-electron chi connectivity index (χ3n) is 2.18. The Morgan fingerprint density at radius 1 is 1.35 bits per heavy atom. The van der Waals surface area contributed by atoms with Gasteiger partial charge in [0.2, 0.25) is 0 Å². The molecule has 0 bridgehead atoms. The molecule has 6 heteroatoms. The molecule has 90 valence electrons. The van der Waals surface area contributed by atoms with E-state index in [4.69, 9.17) is 5.73 Å². The van der Waals surface area contributed by atoms with Crippen molar-refractivity contribution >= 4 is 17.6 Å². The molecule has 0 atom stereocenters. The molecule has 0 fully saturated rings. The van der Waals surface area contributed by atoms with Gasteiger partial charge in [-0.1, -0.05) is 11.8 Å². The second-order valence-electron chi connectivity index (χ2n) is 3.75. The quantitative estimate of drug-likeness (QED) is 0.496. The summed E-state index contributed by atoms with van der Waals surface area (Å²) in [6.07, 6.45) is 6.58. The largest absolute Gasteiger partial charge is 0.382 e. The summed E-state index contributed by atoms with van der Waals surface area (Å²) in [7, 11) is 0. The van der Waals surface area contributed by atoms with Crippen LogP contribution in [-0.2, 0) is 6.54 Å². The monoisotopic (exact) mass is 249 g/mol. The molecule has 0 aliphatic carbocycles. The van der Waals surface area contributed by atoms with Crippen LogP contribution in [0.5, 0.6) is 0 Å². The Kier molecular flexibility index (Phi) is 3.98. The SMILES string of the molecule is Cc1cnc(SCCCn2ccc(N)n2)nc1. The van der Waals surface area contributed by atoms with Crippen molar-refractivity contribution in [2.45, 2.75) is 25.0 Å². The van der Waals surface area contributed by atoms with Crippen LogP contribution < -0.4 is 5.73 Å². The van der Waals surface area contributed by atoms with E-state index in [2.05, 4.69) is 15.1 Å². The van der Waals surface area contributed by atoms with Crippen LogP contribution >= 0.6 is 11.8 Å². The van der Waals surface area contributed by atoms with Crippen LogP contribution in [0, 0.1) is 6.92 Å². The number of nitrogens with zero attached hydrogens (tertiary/aromatic N) is 4. The molecule has 0 radical (unpaired) electrons. The van der Waals surface area contributed by atoms with E-state index < -0.39 is 0 Å². The molecule has 2 rings (SSSR count). The van der Waals surface area contributed by atoms with Gasteiger partial charge in [-0.15, -0.1) is 0 Å². The third-order valence-corrected chi connectivity index (χ3v) is 3.14. The summed E-state index contributed by atoms with van der Waals surface area (Å²) in [5.41, 5.74) is 6.62. The van der Waals surface area contributed by atoms with Gasteiger partial charge in [-0.3, -0.25) is 4.68 Å². The molecule has 5 nitrogen and oxygen atoms in total. The van der Waals surface area contributed by atoms with Gasteiger partial charge in [-0.2, -0.15) is 5.10 Å². The number of nitrogen functional groups attached to an aromatic ring is 1. The van der Waals surface area contributed by atoms with Crippen LogP contribution in [0.1, 0.15) is 12.0 Å². The molecule has 2 aromatic rings. The maximum Gasteiger partial charge on any atom is 0.187 e. The van der Waals surface area contributed by atoms with Gasteiger partial charge < -0.3 is 5.73 Å². The van der Waals surface area contributed by atoms with Crippen LogP contribution in [0.15, 0.2) is 29.8 Å². The molecular weight excluding hydrogens is 234 g/mol. The lowest BCUT2D eigenvalue weighted by Crippen LogP contribution is -2.01. The maximum absolute atomic E-state index is 5.53. The smallest absolute Gasteiger partial charge is 0.187 e. The van der Waals surface area contributed by atoms with Crippen LogP contribution in [-0.4, -0.2) is 25.5 Å². The minimum absolute atomic E-state index is 0.569. The van der Waals surface area contributed by atoms with Gasteiger partial charge in [0.1, 0.15) is 5.82 Å². The summed E-state index contributed by atoms with van der Waals surface area (Å²) >= 11 is 1.66. The molecule has 0 unspecified atom stereocenters. The molecule has 2 heterocycles. The second kappa shape index (κ2) is 5.67. The van der Waals surface area contributed by atoms with Gasteiger partial charge in [0.05, 0.1) is 0 Å². The average Bonchev–Trinajstić information content (AvgIpc) is 2.73. The van der Waals surface area contributed by atoms with Gasteiger partial charge >= 0.3 is 0 Å². The maximum atomic E-state index is 5.53. The zero-order valence-electron chi connectivity index (χ0n) is 9.71. The van der Waals surface area contributed by atoms with Crippen molar-refractivity contribution in [1.82, 2.24) is 19.7 Å². The summed E-state index contributed by atoms with van der Waals surface area (Å²) in [6.45, 7) is 2.85. The molecule has 0 aliphatic heterocycles. The van der Waals surface area contributed by atoms with Gasteiger partial charge in [-0.05, 0) is 25.0 Å². The zero-order valence-corrected chi connectivity index (χ0v) is 10.5. The Balaban J connectivity index is 1.71. The molecule has 0 aliphatic rings. The number of anilines is 1. The lowest BCUT2D eigenvalue weighted by Gasteiger charge is -2.01. The number of thioether (sulfide) groups is 1. The minimum atomic E-state index is 0.569. The van der Waals surface area contributed by atoms with Crippen molar-refractivity contribution in [3.8, 4) is 0 Å². The topological polar surface area (TPSA) is 69.6 Å². The Hall–Kier alpha value is -1.56. The number of aromatic nitrogens is 4. The Labute approximate surface area is 104 Å². The molecular formula is C11H15N5S. The average molecular weight is 249 g/mol. The Bertz CT molecular complexity index is 465. The highest BCUT2D eigenvalue weighted by atomic mass is 32.2. The van der Waals surface area contributed by atoms with E-state index in [1.807, 2.05) is 30.2 Å². The van der Waals surface area contributed by atoms with Crippen molar-refractivity contribution in [2.75, 3.05) is 11.5 Å². The summed E-state index contributed by atoms with van der Waals surface area (Å²) in [5, 5.41) is 4.95. The predicted molar refractivity (Wildman–Crippen MR) is 68.7 cm³/mol. The number of hydrogen-bond acceptors (Lipinski definition) is 5. The predicted octanol–water partition coefficient (Wildman–Crippen LogP) is 1.75. The van der Waals surface area contributed by atoms with Crippen molar-refractivity contribution in [3.63, 3.8) is 0 Å².